The van der Waals surface area contributed by atoms with Crippen molar-refractivity contribution in [1.29, 1.82) is 0 Å². The summed E-state index contributed by atoms with van der Waals surface area (Å²) >= 11 is 0.931. The van der Waals surface area contributed by atoms with Gasteiger partial charge in [-0.1, -0.05) is 0 Å². The molecule has 0 atom stereocenters. The quantitative estimate of drug-likeness (QED) is 0.491. The summed E-state index contributed by atoms with van der Waals surface area (Å²) in [6.45, 7) is 0. The molecule has 1 aliphatic heterocycles. The van der Waals surface area contributed by atoms with E-state index < -0.39 is 0 Å². The predicted octanol–water partition coefficient (Wildman–Crippen LogP) is 0.351. The van der Waals surface area contributed by atoms with Gasteiger partial charge in [0, 0.05) is 0 Å². The van der Waals surface area contributed by atoms with Gasteiger partial charge in [0.1, 0.15) is 0 Å². The zero-order valence-corrected chi connectivity index (χ0v) is 7.63. The first-order valence-electron chi connectivity index (χ1n) is 1.85. The number of hydrogen-bond donors (Lipinski definition) is 0. The van der Waals surface area contributed by atoms with Crippen molar-refractivity contribution in [3.63, 3.8) is 0 Å². The average molecular weight is 197 g/mol. The fraction of sp³-hybridized carbons (Fsp3) is 0. The maximum atomic E-state index is 2.38. The third-order valence-electron chi connectivity index (χ3n) is 0.566. The molecule has 0 aromatic rings. The van der Waals surface area contributed by atoms with E-state index in [0.717, 1.165) is 12.7 Å². The van der Waals surface area contributed by atoms with Crippen LogP contribution >= 0.6 is 0 Å². The Hall–Kier alpha value is 0.675. The van der Waals surface area contributed by atoms with Crippen molar-refractivity contribution >= 4 is 27.4 Å². The molecule has 0 radical (unpaired) electrons. The van der Waals surface area contributed by atoms with Gasteiger partial charge in [0.05, 0.1) is 0 Å². The Morgan fingerprint density at radius 3 is 2.50 bits per heavy atom. The molecule has 1 rings (SSSR count). The van der Waals surface area contributed by atoms with Crippen LogP contribution in [0.4, 0.5) is 0 Å². The molecule has 0 spiro atoms. The molecule has 28 valence electrons. The molecule has 6 heavy (non-hydrogen) atoms. The summed E-state index contributed by atoms with van der Waals surface area (Å²) in [4.78, 5) is 2.34. The molecule has 2 heteroatoms. The van der Waals surface area contributed by atoms with Gasteiger partial charge < -0.3 is 0 Å². The number of allylic oxidation sites excluding steroid dienone is 2. The van der Waals surface area contributed by atoms with Crippen LogP contribution in [0.2, 0.25) is 0 Å². The van der Waals surface area contributed by atoms with E-state index in [4.69, 9.17) is 0 Å². The summed E-state index contributed by atoms with van der Waals surface area (Å²) in [6.07, 6.45) is 4.35. The molecule has 0 fully saturated rings. The Kier molecular flexibility index (Phi) is 2.24. The molecular formula is C4H4AsGa. The van der Waals surface area contributed by atoms with Crippen molar-refractivity contribution in [3.05, 3.63) is 21.6 Å². The van der Waals surface area contributed by atoms with Crippen LogP contribution in [0.3, 0.4) is 0 Å². The van der Waals surface area contributed by atoms with Crippen LogP contribution < -0.4 is 0 Å². The van der Waals surface area contributed by atoms with E-state index >= 15 is 0 Å². The van der Waals surface area contributed by atoms with Crippen molar-refractivity contribution in [1.82, 2.24) is 0 Å². The molecular weight excluding hydrogens is 193 g/mol. The first kappa shape index (κ1) is 4.82. The second kappa shape index (κ2) is 2.78. The van der Waals surface area contributed by atoms with E-state index in [9.17, 15) is 0 Å². The minimum absolute atomic E-state index is 0.211. The Balaban J connectivity index is 2.77. The van der Waals surface area contributed by atoms with E-state index in [2.05, 4.69) is 21.6 Å². The molecule has 0 aromatic heterocycles. The molecule has 0 nitrogen and oxygen atoms in total. The first-order chi connectivity index (χ1) is 3.00. The predicted molar refractivity (Wildman–Crippen MR) is 29.8 cm³/mol. The normalized spacial score (nSPS) is 17.3. The van der Waals surface area contributed by atoms with Crippen LogP contribution in [0.1, 0.15) is 0 Å². The Morgan fingerprint density at radius 2 is 2.33 bits per heavy atom. The van der Waals surface area contributed by atoms with Gasteiger partial charge in [-0.2, -0.15) is 0 Å². The standard InChI is InChI=1S/C4H4As.Ga/c1-2-3-4-5;/h1-4H;. The van der Waals surface area contributed by atoms with Crippen molar-refractivity contribution in [3.8, 4) is 0 Å². The van der Waals surface area contributed by atoms with Gasteiger partial charge in [-0.05, 0) is 0 Å². The van der Waals surface area contributed by atoms with Crippen LogP contribution in [-0.2, 0) is 0 Å². The fourth-order valence-electron chi connectivity index (χ4n) is 0.313. The van der Waals surface area contributed by atoms with Crippen molar-refractivity contribution in [2.24, 2.45) is 0 Å². The molecule has 0 aromatic carbocycles. The van der Waals surface area contributed by atoms with E-state index in [0.29, 0.717) is 0 Å². The summed E-state index contributed by atoms with van der Waals surface area (Å²) in [5.41, 5.74) is 0. The molecule has 1 heterocycles. The maximum absolute atomic E-state index is 2.38. The van der Waals surface area contributed by atoms with E-state index in [1.54, 1.807) is 0 Å². The fourth-order valence-corrected chi connectivity index (χ4v) is 5.96. The molecule has 0 unspecified atom stereocenters. The van der Waals surface area contributed by atoms with Crippen molar-refractivity contribution < 1.29 is 0 Å². The molecule has 0 bridgehead atoms. The van der Waals surface area contributed by atoms with Crippen LogP contribution in [0.5, 0.6) is 0 Å². The second-order valence-electron chi connectivity index (χ2n) is 1.02. The van der Waals surface area contributed by atoms with Gasteiger partial charge in [-0.3, -0.25) is 0 Å². The van der Waals surface area contributed by atoms with Crippen LogP contribution in [0.25, 0.3) is 0 Å². The number of hydrogen-bond acceptors (Lipinski definition) is 0. The van der Waals surface area contributed by atoms with E-state index in [-0.39, 0.29) is 14.7 Å². The first-order valence-corrected chi connectivity index (χ1v) is 11.0. The Bertz CT molecular complexity index is 76.9. The molecule has 1 aliphatic rings. The van der Waals surface area contributed by atoms with Crippen molar-refractivity contribution in [2.45, 2.75) is 0 Å². The van der Waals surface area contributed by atoms with E-state index in [1.807, 2.05) is 0 Å². The summed E-state index contributed by atoms with van der Waals surface area (Å²) in [6, 6.07) is 0. The third-order valence-corrected chi connectivity index (χ3v) is 8.11. The summed E-state index contributed by atoms with van der Waals surface area (Å²) in [5.74, 6) is 0. The van der Waals surface area contributed by atoms with Crippen LogP contribution in [-0.4, -0.2) is 27.4 Å². The number of rotatable bonds is 0. The zero-order chi connectivity index (χ0) is 4.24. The van der Waals surface area contributed by atoms with Gasteiger partial charge in [0.15, 0.2) is 0 Å². The van der Waals surface area contributed by atoms with Gasteiger partial charge in [-0.15, -0.1) is 0 Å². The minimum atomic E-state index is 0.211. The monoisotopic (exact) mass is 196 g/mol. The molecule has 0 amide bonds. The summed E-state index contributed by atoms with van der Waals surface area (Å²) in [7, 11) is 0. The Labute approximate surface area is 49.1 Å². The molecule has 0 saturated carbocycles. The molecule has 0 N–H and O–H groups in total. The van der Waals surface area contributed by atoms with Gasteiger partial charge in [-0.25, -0.2) is 0 Å². The van der Waals surface area contributed by atoms with Crippen molar-refractivity contribution in [2.75, 3.05) is 0 Å². The summed E-state index contributed by atoms with van der Waals surface area (Å²) in [5, 5.41) is 0. The topological polar surface area (TPSA) is 0 Å². The SMILES string of the molecule is C1=[CH][Ga]=[As]C=C1. The zero-order valence-electron chi connectivity index (χ0n) is 3.33. The molecule has 0 aliphatic carbocycles. The van der Waals surface area contributed by atoms with Crippen LogP contribution in [0, 0.1) is 0 Å². The van der Waals surface area contributed by atoms with Crippen LogP contribution in [0.15, 0.2) is 21.6 Å². The average Bonchev–Trinajstić information content (AvgIpc) is 1.72. The summed E-state index contributed by atoms with van der Waals surface area (Å²) < 4.78 is 2.38. The Morgan fingerprint density at radius 1 is 1.33 bits per heavy atom. The molecule has 0 saturated heterocycles. The van der Waals surface area contributed by atoms with E-state index in [1.165, 1.54) is 0 Å². The third kappa shape index (κ3) is 1.42. The second-order valence-corrected chi connectivity index (χ2v) is 10.2. The van der Waals surface area contributed by atoms with Gasteiger partial charge in [0.25, 0.3) is 0 Å². The van der Waals surface area contributed by atoms with Gasteiger partial charge >= 0.3 is 49.0 Å². The van der Waals surface area contributed by atoms with Gasteiger partial charge in [0.2, 0.25) is 0 Å².